The van der Waals surface area contributed by atoms with Crippen molar-refractivity contribution < 1.29 is 19.0 Å². The molecule has 0 aliphatic heterocycles. The van der Waals surface area contributed by atoms with Crippen molar-refractivity contribution in [1.29, 1.82) is 0 Å². The van der Waals surface area contributed by atoms with E-state index in [9.17, 15) is 4.79 Å². The SMILES string of the molecule is COCC(Oc1ccc(OC)cc1Br)C(=O)NN. The van der Waals surface area contributed by atoms with Crippen molar-refractivity contribution in [1.82, 2.24) is 5.43 Å². The minimum atomic E-state index is -0.815. The lowest BCUT2D eigenvalue weighted by Crippen LogP contribution is -2.44. The first-order valence-electron chi connectivity index (χ1n) is 5.12. The van der Waals surface area contributed by atoms with Gasteiger partial charge in [-0.3, -0.25) is 10.2 Å². The Morgan fingerprint density at radius 3 is 2.72 bits per heavy atom. The predicted octanol–water partition coefficient (Wildman–Crippen LogP) is 0.841. The smallest absolute Gasteiger partial charge is 0.277 e. The molecule has 0 aliphatic carbocycles. The molecule has 0 saturated carbocycles. The summed E-state index contributed by atoms with van der Waals surface area (Å²) in [7, 11) is 3.04. The largest absolute Gasteiger partial charge is 0.497 e. The van der Waals surface area contributed by atoms with Crippen LogP contribution in [-0.4, -0.2) is 32.8 Å². The number of carbonyl (C=O) groups is 1. The van der Waals surface area contributed by atoms with E-state index in [-0.39, 0.29) is 6.61 Å². The van der Waals surface area contributed by atoms with Crippen LogP contribution in [0.25, 0.3) is 0 Å². The van der Waals surface area contributed by atoms with Gasteiger partial charge in [-0.1, -0.05) is 0 Å². The van der Waals surface area contributed by atoms with Gasteiger partial charge in [0.05, 0.1) is 18.2 Å². The minimum absolute atomic E-state index is 0.0987. The van der Waals surface area contributed by atoms with E-state index in [0.29, 0.717) is 16.0 Å². The van der Waals surface area contributed by atoms with Gasteiger partial charge >= 0.3 is 0 Å². The van der Waals surface area contributed by atoms with Crippen LogP contribution in [0.3, 0.4) is 0 Å². The molecule has 1 aromatic rings. The quantitative estimate of drug-likeness (QED) is 0.461. The van der Waals surface area contributed by atoms with Crippen LogP contribution in [0.15, 0.2) is 22.7 Å². The van der Waals surface area contributed by atoms with Crippen molar-refractivity contribution in [3.63, 3.8) is 0 Å². The maximum absolute atomic E-state index is 11.5. The van der Waals surface area contributed by atoms with Crippen molar-refractivity contribution in [2.45, 2.75) is 6.10 Å². The fourth-order valence-corrected chi connectivity index (χ4v) is 1.72. The summed E-state index contributed by atoms with van der Waals surface area (Å²) in [4.78, 5) is 11.5. The highest BCUT2D eigenvalue weighted by atomic mass is 79.9. The van der Waals surface area contributed by atoms with Crippen LogP contribution in [0, 0.1) is 0 Å². The van der Waals surface area contributed by atoms with E-state index in [1.165, 1.54) is 7.11 Å². The number of hydrogen-bond acceptors (Lipinski definition) is 5. The summed E-state index contributed by atoms with van der Waals surface area (Å²) in [6, 6.07) is 5.15. The molecule has 1 aromatic carbocycles. The number of methoxy groups -OCH3 is 2. The lowest BCUT2D eigenvalue weighted by atomic mass is 10.3. The second kappa shape index (κ2) is 7.20. The fourth-order valence-electron chi connectivity index (χ4n) is 1.26. The Hall–Kier alpha value is -1.31. The number of hydrogen-bond donors (Lipinski definition) is 2. The Morgan fingerprint density at radius 1 is 1.50 bits per heavy atom. The molecule has 1 atom stereocenters. The minimum Gasteiger partial charge on any atom is -0.497 e. The molecule has 0 heterocycles. The lowest BCUT2D eigenvalue weighted by Gasteiger charge is -2.17. The van der Waals surface area contributed by atoms with Gasteiger partial charge in [-0.15, -0.1) is 0 Å². The zero-order chi connectivity index (χ0) is 13.5. The summed E-state index contributed by atoms with van der Waals surface area (Å²) in [5, 5.41) is 0. The Morgan fingerprint density at radius 2 is 2.22 bits per heavy atom. The fraction of sp³-hybridized carbons (Fsp3) is 0.364. The molecule has 1 amide bonds. The number of carbonyl (C=O) groups excluding carboxylic acids is 1. The molecule has 0 aromatic heterocycles. The maximum atomic E-state index is 11.5. The second-order valence-corrected chi connectivity index (χ2v) is 4.22. The van der Waals surface area contributed by atoms with E-state index in [1.54, 1.807) is 25.3 Å². The van der Waals surface area contributed by atoms with Crippen LogP contribution in [-0.2, 0) is 9.53 Å². The van der Waals surface area contributed by atoms with Gasteiger partial charge in [0, 0.05) is 7.11 Å². The number of amides is 1. The average molecular weight is 319 g/mol. The van der Waals surface area contributed by atoms with Gasteiger partial charge < -0.3 is 14.2 Å². The van der Waals surface area contributed by atoms with Crippen LogP contribution in [0.5, 0.6) is 11.5 Å². The Kier molecular flexibility index (Phi) is 5.90. The van der Waals surface area contributed by atoms with Crippen molar-refractivity contribution in [2.75, 3.05) is 20.8 Å². The van der Waals surface area contributed by atoms with Crippen LogP contribution in [0.2, 0.25) is 0 Å². The molecule has 0 radical (unpaired) electrons. The van der Waals surface area contributed by atoms with Gasteiger partial charge in [-0.2, -0.15) is 0 Å². The number of rotatable bonds is 6. The highest BCUT2D eigenvalue weighted by molar-refractivity contribution is 9.10. The van der Waals surface area contributed by atoms with Gasteiger partial charge in [0.25, 0.3) is 5.91 Å². The van der Waals surface area contributed by atoms with E-state index >= 15 is 0 Å². The van der Waals surface area contributed by atoms with Crippen LogP contribution >= 0.6 is 15.9 Å². The zero-order valence-corrected chi connectivity index (χ0v) is 11.7. The third-order valence-electron chi connectivity index (χ3n) is 2.16. The molecule has 7 heteroatoms. The number of nitrogens with two attached hydrogens (primary N) is 1. The van der Waals surface area contributed by atoms with E-state index in [1.807, 2.05) is 5.43 Å². The second-order valence-electron chi connectivity index (χ2n) is 3.37. The van der Waals surface area contributed by atoms with Gasteiger partial charge in [0.1, 0.15) is 11.5 Å². The Balaban J connectivity index is 2.83. The first kappa shape index (κ1) is 14.7. The van der Waals surface area contributed by atoms with E-state index in [4.69, 9.17) is 20.1 Å². The van der Waals surface area contributed by atoms with Gasteiger partial charge in [0.2, 0.25) is 6.10 Å². The third-order valence-corrected chi connectivity index (χ3v) is 2.78. The summed E-state index contributed by atoms with van der Waals surface area (Å²) in [6.07, 6.45) is -0.815. The highest BCUT2D eigenvalue weighted by Crippen LogP contribution is 2.29. The summed E-state index contributed by atoms with van der Waals surface area (Å²) in [6.45, 7) is 0.0987. The van der Waals surface area contributed by atoms with Gasteiger partial charge in [-0.05, 0) is 34.1 Å². The summed E-state index contributed by atoms with van der Waals surface area (Å²) < 4.78 is 16.2. The van der Waals surface area contributed by atoms with Crippen LogP contribution in [0.4, 0.5) is 0 Å². The van der Waals surface area contributed by atoms with Crippen LogP contribution in [0.1, 0.15) is 0 Å². The van der Waals surface area contributed by atoms with Crippen molar-refractivity contribution in [3.8, 4) is 11.5 Å². The topological polar surface area (TPSA) is 82.8 Å². The number of ether oxygens (including phenoxy) is 3. The van der Waals surface area contributed by atoms with Crippen molar-refractivity contribution >= 4 is 21.8 Å². The standard InChI is InChI=1S/C11H15BrN2O4/c1-16-6-10(11(15)14-13)18-9-4-3-7(17-2)5-8(9)12/h3-5,10H,6,13H2,1-2H3,(H,14,15). The van der Waals surface area contributed by atoms with E-state index in [2.05, 4.69) is 15.9 Å². The molecule has 0 saturated heterocycles. The molecule has 100 valence electrons. The highest BCUT2D eigenvalue weighted by Gasteiger charge is 2.20. The van der Waals surface area contributed by atoms with Gasteiger partial charge in [0.15, 0.2) is 0 Å². The first-order chi connectivity index (χ1) is 8.62. The average Bonchev–Trinajstić information content (AvgIpc) is 2.39. The van der Waals surface area contributed by atoms with Gasteiger partial charge in [-0.25, -0.2) is 5.84 Å². The molecule has 18 heavy (non-hydrogen) atoms. The molecule has 1 rings (SSSR count). The monoisotopic (exact) mass is 318 g/mol. The molecule has 0 aliphatic rings. The number of benzene rings is 1. The number of hydrazine groups is 1. The molecule has 1 unspecified atom stereocenters. The summed E-state index contributed by atoms with van der Waals surface area (Å²) in [5.41, 5.74) is 2.03. The zero-order valence-electron chi connectivity index (χ0n) is 10.1. The number of halogens is 1. The molecular weight excluding hydrogens is 304 g/mol. The molecule has 6 nitrogen and oxygen atoms in total. The van der Waals surface area contributed by atoms with E-state index in [0.717, 1.165) is 0 Å². The van der Waals surface area contributed by atoms with E-state index < -0.39 is 12.0 Å². The third kappa shape index (κ3) is 3.86. The van der Waals surface area contributed by atoms with Crippen molar-refractivity contribution in [2.24, 2.45) is 5.84 Å². The molecule has 3 N–H and O–H groups in total. The maximum Gasteiger partial charge on any atom is 0.277 e. The van der Waals surface area contributed by atoms with Crippen LogP contribution < -0.4 is 20.7 Å². The molecule has 0 fully saturated rings. The molecular formula is C11H15BrN2O4. The molecule has 0 bridgehead atoms. The predicted molar refractivity (Wildman–Crippen MR) is 69.3 cm³/mol. The summed E-state index contributed by atoms with van der Waals surface area (Å²) in [5.74, 6) is 5.80. The van der Waals surface area contributed by atoms with Crippen molar-refractivity contribution in [3.05, 3.63) is 22.7 Å². The Bertz CT molecular complexity index is 414. The lowest BCUT2D eigenvalue weighted by molar-refractivity contribution is -0.130. The number of nitrogens with one attached hydrogen (secondary N) is 1. The normalized spacial score (nSPS) is 11.8. The Labute approximate surface area is 113 Å². The molecule has 0 spiro atoms. The first-order valence-corrected chi connectivity index (χ1v) is 5.91. The summed E-state index contributed by atoms with van der Waals surface area (Å²) >= 11 is 3.33.